The van der Waals surface area contributed by atoms with E-state index in [1.165, 1.54) is 10.5 Å². The summed E-state index contributed by atoms with van der Waals surface area (Å²) in [5.74, 6) is 0.467. The van der Waals surface area contributed by atoms with E-state index in [0.717, 1.165) is 16.5 Å². The van der Waals surface area contributed by atoms with Crippen LogP contribution in [0.25, 0.3) is 0 Å². The van der Waals surface area contributed by atoms with Crippen molar-refractivity contribution in [3.8, 4) is 5.75 Å². The Hall–Kier alpha value is -2.05. The molecule has 0 aliphatic heterocycles. The Morgan fingerprint density at radius 2 is 1.81 bits per heavy atom. The highest BCUT2D eigenvalue weighted by atomic mass is 79.9. The summed E-state index contributed by atoms with van der Waals surface area (Å²) < 4.78 is 6.60. The maximum atomic E-state index is 13.2. The van der Waals surface area contributed by atoms with Crippen LogP contribution < -0.4 is 10.1 Å². The molecule has 0 bridgehead atoms. The minimum absolute atomic E-state index is 0.0221. The van der Waals surface area contributed by atoms with Crippen LogP contribution in [0.15, 0.2) is 46.9 Å². The highest BCUT2D eigenvalue weighted by Gasteiger charge is 2.27. The van der Waals surface area contributed by atoms with E-state index in [1.807, 2.05) is 50.2 Å². The molecule has 0 fully saturated rings. The topological polar surface area (TPSA) is 58.6 Å². The number of halogens is 2. The zero-order valence-corrected chi connectivity index (χ0v) is 21.7. The molecule has 0 unspecified atom stereocenters. The molecule has 2 amide bonds. The van der Waals surface area contributed by atoms with Gasteiger partial charge in [-0.1, -0.05) is 56.6 Å². The van der Waals surface area contributed by atoms with Gasteiger partial charge in [0.25, 0.3) is 5.91 Å². The molecule has 2 atom stereocenters. The Bertz CT molecular complexity index is 935. The summed E-state index contributed by atoms with van der Waals surface area (Å²) in [6.07, 6.45) is 0.806. The molecular formula is C25H32BrClN2O3. The third-order valence-electron chi connectivity index (χ3n) is 5.44. The molecule has 174 valence electrons. The maximum Gasteiger partial charge on any atom is 0.261 e. The summed E-state index contributed by atoms with van der Waals surface area (Å²) in [6.45, 7) is 9.91. The predicted molar refractivity (Wildman–Crippen MR) is 133 cm³/mol. The van der Waals surface area contributed by atoms with E-state index in [9.17, 15) is 9.59 Å². The fraction of sp³-hybridized carbons (Fsp3) is 0.440. The number of amides is 2. The number of hydrogen-bond donors (Lipinski definition) is 1. The molecule has 0 radical (unpaired) electrons. The predicted octanol–water partition coefficient (Wildman–Crippen LogP) is 5.94. The van der Waals surface area contributed by atoms with Gasteiger partial charge >= 0.3 is 0 Å². The quantitative estimate of drug-likeness (QED) is 0.419. The highest BCUT2D eigenvalue weighted by molar-refractivity contribution is 9.10. The number of ether oxygens (including phenoxy) is 1. The second-order valence-electron chi connectivity index (χ2n) is 8.24. The van der Waals surface area contributed by atoms with Crippen LogP contribution >= 0.6 is 27.5 Å². The summed E-state index contributed by atoms with van der Waals surface area (Å²) in [7, 11) is 0. The minimum Gasteiger partial charge on any atom is -0.483 e. The van der Waals surface area contributed by atoms with Crippen molar-refractivity contribution in [1.29, 1.82) is 0 Å². The molecule has 5 nitrogen and oxygen atoms in total. The van der Waals surface area contributed by atoms with Crippen LogP contribution in [0.2, 0.25) is 5.02 Å². The van der Waals surface area contributed by atoms with E-state index in [0.29, 0.717) is 16.7 Å². The molecule has 2 rings (SSSR count). The summed E-state index contributed by atoms with van der Waals surface area (Å²) >= 11 is 9.84. The van der Waals surface area contributed by atoms with Crippen LogP contribution in [0.1, 0.15) is 58.1 Å². The average molecular weight is 524 g/mol. The Kier molecular flexibility index (Phi) is 10.0. The molecule has 0 saturated heterocycles. The second kappa shape index (κ2) is 12.3. The maximum absolute atomic E-state index is 13.2. The van der Waals surface area contributed by atoms with Crippen molar-refractivity contribution in [2.24, 2.45) is 0 Å². The van der Waals surface area contributed by atoms with Crippen LogP contribution in [0.3, 0.4) is 0 Å². The number of benzene rings is 2. The van der Waals surface area contributed by atoms with Gasteiger partial charge in [-0.2, -0.15) is 0 Å². The third-order valence-corrected chi connectivity index (χ3v) is 6.43. The molecule has 32 heavy (non-hydrogen) atoms. The molecule has 0 aliphatic rings. The van der Waals surface area contributed by atoms with E-state index in [2.05, 4.69) is 35.1 Å². The van der Waals surface area contributed by atoms with E-state index in [1.54, 1.807) is 13.0 Å². The molecule has 0 aromatic heterocycles. The summed E-state index contributed by atoms with van der Waals surface area (Å²) in [6, 6.07) is 12.5. The van der Waals surface area contributed by atoms with Gasteiger partial charge in [0.15, 0.2) is 6.61 Å². The van der Waals surface area contributed by atoms with Crippen molar-refractivity contribution in [2.75, 3.05) is 6.61 Å². The molecule has 2 aromatic rings. The van der Waals surface area contributed by atoms with Crippen LogP contribution in [-0.2, 0) is 16.1 Å². The van der Waals surface area contributed by atoms with Crippen LogP contribution in [0, 0.1) is 0 Å². The lowest BCUT2D eigenvalue weighted by Gasteiger charge is -2.30. The molecule has 0 spiro atoms. The number of nitrogens with zero attached hydrogens (tertiary/aromatic N) is 1. The van der Waals surface area contributed by atoms with Crippen LogP contribution in [0.4, 0.5) is 0 Å². The number of rotatable bonds is 10. The van der Waals surface area contributed by atoms with Crippen molar-refractivity contribution in [1.82, 2.24) is 10.2 Å². The standard InChI is InChI=1S/C25H32BrClN2O3/c1-6-17(4)28-25(31)18(5)29(14-20-9-7-8-10-22(20)27)24(30)15-32-23-12-11-19(16(2)3)13-21(23)26/h7-13,16-18H,6,14-15H2,1-5H3,(H,28,31)/t17-,18-/m1/s1. The van der Waals surface area contributed by atoms with Crippen molar-refractivity contribution < 1.29 is 14.3 Å². The molecule has 7 heteroatoms. The van der Waals surface area contributed by atoms with Crippen molar-refractivity contribution in [2.45, 2.75) is 65.6 Å². The summed E-state index contributed by atoms with van der Waals surface area (Å²) in [5.41, 5.74) is 1.94. The minimum atomic E-state index is -0.678. The van der Waals surface area contributed by atoms with Gasteiger partial charge in [-0.05, 0) is 71.4 Å². The zero-order valence-electron chi connectivity index (χ0n) is 19.3. The van der Waals surface area contributed by atoms with Crippen LogP contribution in [-0.4, -0.2) is 35.4 Å². The van der Waals surface area contributed by atoms with Gasteiger partial charge in [0.05, 0.1) is 4.47 Å². The molecule has 1 N–H and O–H groups in total. The van der Waals surface area contributed by atoms with E-state index < -0.39 is 6.04 Å². The summed E-state index contributed by atoms with van der Waals surface area (Å²) in [4.78, 5) is 27.5. The van der Waals surface area contributed by atoms with Crippen molar-refractivity contribution >= 4 is 39.3 Å². The Balaban J connectivity index is 2.19. The lowest BCUT2D eigenvalue weighted by molar-refractivity contribution is -0.142. The fourth-order valence-corrected chi connectivity index (χ4v) is 3.78. The lowest BCUT2D eigenvalue weighted by Crippen LogP contribution is -2.50. The first kappa shape index (κ1) is 26.2. The smallest absolute Gasteiger partial charge is 0.261 e. The van der Waals surface area contributed by atoms with Crippen molar-refractivity contribution in [3.63, 3.8) is 0 Å². The van der Waals surface area contributed by atoms with E-state index in [-0.39, 0.29) is 31.0 Å². The van der Waals surface area contributed by atoms with Gasteiger partial charge in [-0.15, -0.1) is 0 Å². The zero-order chi connectivity index (χ0) is 23.8. The SMILES string of the molecule is CC[C@@H](C)NC(=O)[C@@H](C)N(Cc1ccccc1Cl)C(=O)COc1ccc(C(C)C)cc1Br. The fourth-order valence-electron chi connectivity index (χ4n) is 3.07. The Morgan fingerprint density at radius 1 is 1.12 bits per heavy atom. The van der Waals surface area contributed by atoms with Gasteiger partial charge in [-0.3, -0.25) is 9.59 Å². The first-order valence-electron chi connectivity index (χ1n) is 10.9. The number of hydrogen-bond acceptors (Lipinski definition) is 3. The summed E-state index contributed by atoms with van der Waals surface area (Å²) in [5, 5.41) is 3.50. The van der Waals surface area contributed by atoms with E-state index >= 15 is 0 Å². The van der Waals surface area contributed by atoms with Gasteiger partial charge < -0.3 is 15.0 Å². The van der Waals surface area contributed by atoms with E-state index in [4.69, 9.17) is 16.3 Å². The van der Waals surface area contributed by atoms with Gasteiger partial charge in [0.2, 0.25) is 5.91 Å². The monoisotopic (exact) mass is 522 g/mol. The molecule has 0 saturated carbocycles. The van der Waals surface area contributed by atoms with Crippen molar-refractivity contribution in [3.05, 3.63) is 63.1 Å². The molecule has 0 heterocycles. The average Bonchev–Trinajstić information content (AvgIpc) is 2.76. The molecular weight excluding hydrogens is 492 g/mol. The van der Waals surface area contributed by atoms with Gasteiger partial charge in [-0.25, -0.2) is 0 Å². The number of carbonyl (C=O) groups is 2. The van der Waals surface area contributed by atoms with Gasteiger partial charge in [0, 0.05) is 17.6 Å². The number of carbonyl (C=O) groups excluding carboxylic acids is 2. The lowest BCUT2D eigenvalue weighted by atomic mass is 10.0. The highest BCUT2D eigenvalue weighted by Crippen LogP contribution is 2.29. The number of nitrogens with one attached hydrogen (secondary N) is 1. The Labute approximate surface area is 204 Å². The first-order valence-corrected chi connectivity index (χ1v) is 12.1. The van der Waals surface area contributed by atoms with Gasteiger partial charge in [0.1, 0.15) is 11.8 Å². The first-order chi connectivity index (χ1) is 15.1. The normalized spacial score (nSPS) is 12.9. The van der Waals surface area contributed by atoms with Crippen LogP contribution in [0.5, 0.6) is 5.75 Å². The third kappa shape index (κ3) is 7.24. The second-order valence-corrected chi connectivity index (χ2v) is 9.50. The largest absolute Gasteiger partial charge is 0.483 e. The molecule has 0 aliphatic carbocycles. The Morgan fingerprint density at radius 3 is 2.41 bits per heavy atom. The molecule has 2 aromatic carbocycles.